The molecule has 0 bridgehead atoms. The van der Waals surface area contributed by atoms with Crippen molar-refractivity contribution in [2.45, 2.75) is 6.54 Å². The maximum absolute atomic E-state index is 8.44. The molecule has 0 saturated heterocycles. The Kier molecular flexibility index (Phi) is 5.45. The molecule has 0 atom stereocenters. The van der Waals surface area contributed by atoms with E-state index in [2.05, 4.69) is 49.3 Å². The number of hydrogen-bond donors (Lipinski definition) is 1. The fourth-order valence-electron chi connectivity index (χ4n) is 1.64. The second kappa shape index (κ2) is 7.32. The number of nitriles is 1. The van der Waals surface area contributed by atoms with Gasteiger partial charge >= 0.3 is 0 Å². The van der Waals surface area contributed by atoms with Crippen LogP contribution in [0.15, 0.2) is 51.4 Å². The molecule has 0 aliphatic carbocycles. The molecule has 0 fully saturated rings. The van der Waals surface area contributed by atoms with Crippen molar-refractivity contribution in [3.63, 3.8) is 0 Å². The molecule has 20 heavy (non-hydrogen) atoms. The first kappa shape index (κ1) is 14.9. The summed E-state index contributed by atoms with van der Waals surface area (Å²) in [6.45, 7) is 0.809. The lowest BCUT2D eigenvalue weighted by Crippen LogP contribution is -1.99. The number of nitrogens with one attached hydrogen (secondary N) is 1. The Labute approximate surface area is 134 Å². The van der Waals surface area contributed by atoms with Gasteiger partial charge in [0.25, 0.3) is 0 Å². The molecule has 0 amide bonds. The third-order valence-corrected chi connectivity index (χ3v) is 4.52. The normalized spacial score (nSPS) is 9.85. The van der Waals surface area contributed by atoms with Crippen LogP contribution in [-0.4, -0.2) is 6.61 Å². The van der Waals surface area contributed by atoms with Crippen LogP contribution < -0.4 is 10.1 Å². The van der Waals surface area contributed by atoms with E-state index in [0.29, 0.717) is 5.75 Å². The van der Waals surface area contributed by atoms with Crippen LogP contribution in [0.4, 0.5) is 5.69 Å². The van der Waals surface area contributed by atoms with E-state index >= 15 is 0 Å². The smallest absolute Gasteiger partial charge is 0.174 e. The topological polar surface area (TPSA) is 45.0 Å². The SMILES string of the molecule is N#CCOc1ccc(NCc2ccc(Br)c(Br)c2)cc1. The van der Waals surface area contributed by atoms with Crippen LogP contribution >= 0.6 is 31.9 Å². The standard InChI is InChI=1S/C15H12Br2N2O/c16-14-6-1-11(9-15(14)17)10-19-12-2-4-13(5-3-12)20-8-7-18/h1-6,9,19H,8,10H2. The van der Waals surface area contributed by atoms with Gasteiger partial charge in [0.15, 0.2) is 6.61 Å². The van der Waals surface area contributed by atoms with Gasteiger partial charge in [-0.1, -0.05) is 6.07 Å². The Morgan fingerprint density at radius 3 is 2.45 bits per heavy atom. The van der Waals surface area contributed by atoms with E-state index in [1.54, 1.807) is 0 Å². The van der Waals surface area contributed by atoms with E-state index in [-0.39, 0.29) is 6.61 Å². The van der Waals surface area contributed by atoms with Crippen molar-refractivity contribution in [2.75, 3.05) is 11.9 Å². The Hall–Kier alpha value is -1.51. The highest BCUT2D eigenvalue weighted by Crippen LogP contribution is 2.24. The lowest BCUT2D eigenvalue weighted by Gasteiger charge is -2.08. The third kappa shape index (κ3) is 4.26. The molecule has 0 aliphatic heterocycles. The van der Waals surface area contributed by atoms with Gasteiger partial charge in [0.1, 0.15) is 11.8 Å². The predicted octanol–water partition coefficient (Wildman–Crippen LogP) is 4.73. The maximum Gasteiger partial charge on any atom is 0.174 e. The predicted molar refractivity (Wildman–Crippen MR) is 86.7 cm³/mol. The van der Waals surface area contributed by atoms with Crippen molar-refractivity contribution in [2.24, 2.45) is 0 Å². The summed E-state index contributed by atoms with van der Waals surface area (Å²) in [5.41, 5.74) is 2.19. The van der Waals surface area contributed by atoms with Gasteiger partial charge in [-0.15, -0.1) is 0 Å². The summed E-state index contributed by atoms with van der Waals surface area (Å²) in [7, 11) is 0. The van der Waals surface area contributed by atoms with Gasteiger partial charge in [0.2, 0.25) is 0 Å². The molecular formula is C15H12Br2N2O. The van der Waals surface area contributed by atoms with E-state index < -0.39 is 0 Å². The zero-order valence-corrected chi connectivity index (χ0v) is 13.7. The molecule has 0 spiro atoms. The summed E-state index contributed by atoms with van der Waals surface area (Å²) in [6, 6.07) is 15.6. The summed E-state index contributed by atoms with van der Waals surface area (Å²) >= 11 is 6.94. The molecule has 5 heteroatoms. The number of halogens is 2. The zero-order valence-electron chi connectivity index (χ0n) is 10.6. The van der Waals surface area contributed by atoms with Crippen LogP contribution in [-0.2, 0) is 6.54 Å². The van der Waals surface area contributed by atoms with E-state index in [1.165, 1.54) is 5.56 Å². The molecule has 0 unspecified atom stereocenters. The lowest BCUT2D eigenvalue weighted by molar-refractivity contribution is 0.368. The molecule has 0 aliphatic rings. The van der Waals surface area contributed by atoms with E-state index in [0.717, 1.165) is 21.2 Å². The minimum Gasteiger partial charge on any atom is -0.479 e. The molecule has 102 valence electrons. The second-order valence-electron chi connectivity index (χ2n) is 4.07. The van der Waals surface area contributed by atoms with Crippen LogP contribution in [0.1, 0.15) is 5.56 Å². The van der Waals surface area contributed by atoms with Crippen LogP contribution in [0.25, 0.3) is 0 Å². The van der Waals surface area contributed by atoms with Crippen LogP contribution in [0, 0.1) is 11.3 Å². The molecule has 2 aromatic rings. The second-order valence-corrected chi connectivity index (χ2v) is 5.78. The van der Waals surface area contributed by atoms with Gasteiger partial charge in [-0.05, 0) is 73.8 Å². The van der Waals surface area contributed by atoms with Gasteiger partial charge in [-0.3, -0.25) is 0 Å². The largest absolute Gasteiger partial charge is 0.479 e. The maximum atomic E-state index is 8.44. The number of benzene rings is 2. The minimum absolute atomic E-state index is 0.0691. The average molecular weight is 396 g/mol. The lowest BCUT2D eigenvalue weighted by atomic mass is 10.2. The summed E-state index contributed by atoms with van der Waals surface area (Å²) in [4.78, 5) is 0. The Balaban J connectivity index is 1.93. The summed E-state index contributed by atoms with van der Waals surface area (Å²) in [5, 5.41) is 11.8. The number of rotatable bonds is 5. The van der Waals surface area contributed by atoms with Gasteiger partial charge in [-0.2, -0.15) is 5.26 Å². The molecule has 3 nitrogen and oxygen atoms in total. The van der Waals surface area contributed by atoms with E-state index in [1.807, 2.05) is 36.4 Å². The monoisotopic (exact) mass is 394 g/mol. The molecule has 0 heterocycles. The van der Waals surface area contributed by atoms with E-state index in [9.17, 15) is 0 Å². The molecule has 0 radical (unpaired) electrons. The van der Waals surface area contributed by atoms with Crippen molar-refractivity contribution < 1.29 is 4.74 Å². The Bertz CT molecular complexity index is 621. The zero-order chi connectivity index (χ0) is 14.4. The first-order chi connectivity index (χ1) is 9.69. The van der Waals surface area contributed by atoms with Crippen LogP contribution in [0.2, 0.25) is 0 Å². The van der Waals surface area contributed by atoms with Crippen molar-refractivity contribution in [1.29, 1.82) is 5.26 Å². The number of ether oxygens (including phenoxy) is 1. The van der Waals surface area contributed by atoms with Crippen molar-refractivity contribution in [1.82, 2.24) is 0 Å². The fourth-order valence-corrected chi connectivity index (χ4v) is 2.31. The van der Waals surface area contributed by atoms with Gasteiger partial charge < -0.3 is 10.1 Å². The number of anilines is 1. The Morgan fingerprint density at radius 2 is 1.80 bits per heavy atom. The number of hydrogen-bond acceptors (Lipinski definition) is 3. The molecule has 2 aromatic carbocycles. The van der Waals surface area contributed by atoms with Gasteiger partial charge in [-0.25, -0.2) is 0 Å². The van der Waals surface area contributed by atoms with E-state index in [4.69, 9.17) is 10.00 Å². The summed E-state index contributed by atoms with van der Waals surface area (Å²) in [5.74, 6) is 0.698. The first-order valence-corrected chi connectivity index (χ1v) is 7.55. The average Bonchev–Trinajstić information content (AvgIpc) is 2.47. The quantitative estimate of drug-likeness (QED) is 0.796. The Morgan fingerprint density at radius 1 is 1.05 bits per heavy atom. The highest BCUT2D eigenvalue weighted by molar-refractivity contribution is 9.13. The van der Waals surface area contributed by atoms with Gasteiger partial charge in [0.05, 0.1) is 0 Å². The van der Waals surface area contributed by atoms with Crippen LogP contribution in [0.5, 0.6) is 5.75 Å². The van der Waals surface area contributed by atoms with Crippen LogP contribution in [0.3, 0.4) is 0 Å². The molecular weight excluding hydrogens is 384 g/mol. The van der Waals surface area contributed by atoms with Crippen molar-refractivity contribution >= 4 is 37.5 Å². The third-order valence-electron chi connectivity index (χ3n) is 2.64. The molecule has 0 aromatic heterocycles. The highest BCUT2D eigenvalue weighted by Gasteiger charge is 1.99. The summed E-state index contributed by atoms with van der Waals surface area (Å²) < 4.78 is 7.28. The van der Waals surface area contributed by atoms with Gasteiger partial charge in [0, 0.05) is 21.2 Å². The fraction of sp³-hybridized carbons (Fsp3) is 0.133. The first-order valence-electron chi connectivity index (χ1n) is 5.96. The highest BCUT2D eigenvalue weighted by atomic mass is 79.9. The summed E-state index contributed by atoms with van der Waals surface area (Å²) in [6.07, 6.45) is 0. The molecule has 1 N–H and O–H groups in total. The molecule has 0 saturated carbocycles. The van der Waals surface area contributed by atoms with Crippen molar-refractivity contribution in [3.8, 4) is 11.8 Å². The number of nitrogens with zero attached hydrogens (tertiary/aromatic N) is 1. The van der Waals surface area contributed by atoms with Crippen molar-refractivity contribution in [3.05, 3.63) is 57.0 Å². The minimum atomic E-state index is 0.0691. The molecule has 2 rings (SSSR count).